The second-order valence-electron chi connectivity index (χ2n) is 3.11. The van der Waals surface area contributed by atoms with E-state index in [2.05, 4.69) is 5.32 Å². The predicted octanol–water partition coefficient (Wildman–Crippen LogP) is 2.26. The lowest BCUT2D eigenvalue weighted by Crippen LogP contribution is -2.32. The van der Waals surface area contributed by atoms with Crippen molar-refractivity contribution in [1.29, 1.82) is 0 Å². The molecule has 0 aromatic heterocycles. The molecular formula is C10H9Cl2NO3. The van der Waals surface area contributed by atoms with Gasteiger partial charge in [0, 0.05) is 12.5 Å². The number of nitrogens with one attached hydrogen (secondary N) is 1. The zero-order valence-corrected chi connectivity index (χ0v) is 9.84. The zero-order valence-electron chi connectivity index (χ0n) is 8.33. The van der Waals surface area contributed by atoms with Crippen LogP contribution in [0.4, 0.5) is 0 Å². The van der Waals surface area contributed by atoms with E-state index in [1.165, 1.54) is 13.0 Å². The highest BCUT2D eigenvalue weighted by molar-refractivity contribution is 6.42. The minimum Gasteiger partial charge on any atom is -0.479 e. The molecule has 4 nitrogen and oxygen atoms in total. The van der Waals surface area contributed by atoms with Crippen LogP contribution in [0.1, 0.15) is 18.5 Å². The third-order valence-corrected chi connectivity index (χ3v) is 2.72. The molecule has 0 radical (unpaired) electrons. The van der Waals surface area contributed by atoms with Gasteiger partial charge in [-0.2, -0.15) is 0 Å². The van der Waals surface area contributed by atoms with Gasteiger partial charge in [-0.3, -0.25) is 4.79 Å². The van der Waals surface area contributed by atoms with E-state index in [0.29, 0.717) is 0 Å². The first-order valence-electron chi connectivity index (χ1n) is 4.37. The first kappa shape index (κ1) is 12.8. The summed E-state index contributed by atoms with van der Waals surface area (Å²) >= 11 is 11.6. The quantitative estimate of drug-likeness (QED) is 0.877. The van der Waals surface area contributed by atoms with Crippen LogP contribution in [0.15, 0.2) is 18.2 Å². The Balaban J connectivity index is 3.16. The van der Waals surface area contributed by atoms with Gasteiger partial charge in [-0.15, -0.1) is 0 Å². The second-order valence-corrected chi connectivity index (χ2v) is 3.90. The van der Waals surface area contributed by atoms with Gasteiger partial charge < -0.3 is 10.4 Å². The monoisotopic (exact) mass is 261 g/mol. The molecule has 0 heterocycles. The van der Waals surface area contributed by atoms with Crippen LogP contribution in [-0.4, -0.2) is 17.0 Å². The highest BCUT2D eigenvalue weighted by atomic mass is 35.5. The average Bonchev–Trinajstić information content (AvgIpc) is 2.18. The largest absolute Gasteiger partial charge is 0.479 e. The fourth-order valence-corrected chi connectivity index (χ4v) is 1.64. The molecule has 16 heavy (non-hydrogen) atoms. The fourth-order valence-electron chi connectivity index (χ4n) is 1.22. The topological polar surface area (TPSA) is 66.4 Å². The number of benzene rings is 1. The number of aliphatic carboxylic acids is 1. The number of hydrogen-bond acceptors (Lipinski definition) is 2. The molecule has 1 amide bonds. The molecule has 86 valence electrons. The van der Waals surface area contributed by atoms with Crippen molar-refractivity contribution in [2.75, 3.05) is 0 Å². The number of carboxylic acid groups (broad SMARTS) is 1. The molecule has 0 aliphatic carbocycles. The Morgan fingerprint density at radius 2 is 2.00 bits per heavy atom. The minimum absolute atomic E-state index is 0.130. The standard InChI is InChI=1S/C10H9Cl2NO3/c1-5(14)13-9(10(15)16)6-3-2-4-7(11)8(6)12/h2-4,9H,1H3,(H,13,14)(H,15,16). The molecule has 0 bridgehead atoms. The van der Waals surface area contributed by atoms with Crippen LogP contribution in [0.3, 0.4) is 0 Å². The molecule has 1 aromatic carbocycles. The summed E-state index contributed by atoms with van der Waals surface area (Å²) in [5, 5.41) is 11.6. The molecule has 0 aliphatic heterocycles. The van der Waals surface area contributed by atoms with Crippen molar-refractivity contribution >= 4 is 35.1 Å². The van der Waals surface area contributed by atoms with Crippen LogP contribution < -0.4 is 5.32 Å². The van der Waals surface area contributed by atoms with E-state index in [9.17, 15) is 9.59 Å². The lowest BCUT2D eigenvalue weighted by atomic mass is 10.1. The Morgan fingerprint density at radius 1 is 1.38 bits per heavy atom. The molecule has 1 rings (SSSR count). The maximum Gasteiger partial charge on any atom is 0.330 e. The summed E-state index contributed by atoms with van der Waals surface area (Å²) < 4.78 is 0. The van der Waals surface area contributed by atoms with E-state index in [4.69, 9.17) is 28.3 Å². The lowest BCUT2D eigenvalue weighted by Gasteiger charge is -2.15. The first-order valence-corrected chi connectivity index (χ1v) is 5.13. The Morgan fingerprint density at radius 3 is 2.50 bits per heavy atom. The van der Waals surface area contributed by atoms with Crippen molar-refractivity contribution in [2.45, 2.75) is 13.0 Å². The SMILES string of the molecule is CC(=O)NC(C(=O)O)c1cccc(Cl)c1Cl. The Labute approximate surface area is 102 Å². The highest BCUT2D eigenvalue weighted by Gasteiger charge is 2.23. The van der Waals surface area contributed by atoms with E-state index in [1.54, 1.807) is 12.1 Å². The zero-order chi connectivity index (χ0) is 12.3. The van der Waals surface area contributed by atoms with Crippen molar-refractivity contribution < 1.29 is 14.7 Å². The van der Waals surface area contributed by atoms with Crippen LogP contribution in [0.2, 0.25) is 10.0 Å². The van der Waals surface area contributed by atoms with Crippen LogP contribution in [0, 0.1) is 0 Å². The van der Waals surface area contributed by atoms with Gasteiger partial charge in [0.1, 0.15) is 0 Å². The van der Waals surface area contributed by atoms with Gasteiger partial charge in [-0.25, -0.2) is 4.79 Å². The van der Waals surface area contributed by atoms with Crippen molar-refractivity contribution in [1.82, 2.24) is 5.32 Å². The number of carbonyl (C=O) groups excluding carboxylic acids is 1. The molecule has 0 spiro atoms. The summed E-state index contributed by atoms with van der Waals surface area (Å²) in [6.07, 6.45) is 0. The molecular weight excluding hydrogens is 253 g/mol. The molecule has 0 aliphatic rings. The van der Waals surface area contributed by atoms with Gasteiger partial charge in [-0.05, 0) is 6.07 Å². The van der Waals surface area contributed by atoms with E-state index >= 15 is 0 Å². The van der Waals surface area contributed by atoms with Gasteiger partial charge in [0.2, 0.25) is 5.91 Å². The van der Waals surface area contributed by atoms with Crippen LogP contribution in [0.25, 0.3) is 0 Å². The number of halogens is 2. The predicted molar refractivity (Wildman–Crippen MR) is 60.7 cm³/mol. The lowest BCUT2D eigenvalue weighted by molar-refractivity contribution is -0.141. The average molecular weight is 262 g/mol. The van der Waals surface area contributed by atoms with Gasteiger partial charge in [0.25, 0.3) is 0 Å². The third kappa shape index (κ3) is 2.87. The second kappa shape index (κ2) is 5.18. The Hall–Kier alpha value is -1.26. The van der Waals surface area contributed by atoms with Crippen molar-refractivity contribution in [3.05, 3.63) is 33.8 Å². The van der Waals surface area contributed by atoms with Crippen LogP contribution in [-0.2, 0) is 9.59 Å². The van der Waals surface area contributed by atoms with Gasteiger partial charge in [-0.1, -0.05) is 35.3 Å². The molecule has 2 N–H and O–H groups in total. The number of amides is 1. The first-order chi connectivity index (χ1) is 7.43. The maximum absolute atomic E-state index is 11.0. The number of carbonyl (C=O) groups is 2. The molecule has 0 fully saturated rings. The number of hydrogen-bond donors (Lipinski definition) is 2. The minimum atomic E-state index is -1.20. The summed E-state index contributed by atoms with van der Waals surface area (Å²) in [6, 6.07) is 3.42. The molecule has 0 saturated heterocycles. The summed E-state index contributed by atoms with van der Waals surface area (Å²) in [5.74, 6) is -1.65. The molecule has 1 aromatic rings. The van der Waals surface area contributed by atoms with E-state index in [-0.39, 0.29) is 15.6 Å². The number of rotatable bonds is 3. The number of carboxylic acids is 1. The summed E-state index contributed by atoms with van der Waals surface area (Å²) in [7, 11) is 0. The van der Waals surface area contributed by atoms with E-state index < -0.39 is 17.9 Å². The highest BCUT2D eigenvalue weighted by Crippen LogP contribution is 2.30. The van der Waals surface area contributed by atoms with Gasteiger partial charge in [0.15, 0.2) is 6.04 Å². The van der Waals surface area contributed by atoms with Crippen molar-refractivity contribution in [2.24, 2.45) is 0 Å². The molecule has 0 saturated carbocycles. The van der Waals surface area contributed by atoms with E-state index in [1.807, 2.05) is 0 Å². The fraction of sp³-hybridized carbons (Fsp3) is 0.200. The normalized spacial score (nSPS) is 11.9. The third-order valence-electron chi connectivity index (χ3n) is 1.89. The summed E-state index contributed by atoms with van der Waals surface area (Å²) in [5.41, 5.74) is 0.261. The Bertz CT molecular complexity index is 434. The van der Waals surface area contributed by atoms with E-state index in [0.717, 1.165) is 0 Å². The van der Waals surface area contributed by atoms with Gasteiger partial charge >= 0.3 is 5.97 Å². The summed E-state index contributed by atoms with van der Waals surface area (Å²) in [6.45, 7) is 1.23. The maximum atomic E-state index is 11.0. The Kier molecular flexibility index (Phi) is 4.15. The van der Waals surface area contributed by atoms with Crippen LogP contribution >= 0.6 is 23.2 Å². The van der Waals surface area contributed by atoms with Crippen molar-refractivity contribution in [3.63, 3.8) is 0 Å². The van der Waals surface area contributed by atoms with Crippen LogP contribution in [0.5, 0.6) is 0 Å². The summed E-state index contributed by atoms with van der Waals surface area (Å²) in [4.78, 5) is 21.9. The van der Waals surface area contributed by atoms with Gasteiger partial charge in [0.05, 0.1) is 10.0 Å². The molecule has 6 heteroatoms. The van der Waals surface area contributed by atoms with Crippen molar-refractivity contribution in [3.8, 4) is 0 Å². The molecule has 1 atom stereocenters. The molecule has 1 unspecified atom stereocenters. The smallest absolute Gasteiger partial charge is 0.330 e.